The van der Waals surface area contributed by atoms with Crippen LogP contribution in [-0.2, 0) is 4.74 Å². The Morgan fingerprint density at radius 1 is 1.28 bits per heavy atom. The van der Waals surface area contributed by atoms with Gasteiger partial charge in [-0.15, -0.1) is 10.2 Å². The maximum absolute atomic E-state index is 13.1. The minimum atomic E-state index is -0.384. The van der Waals surface area contributed by atoms with Crippen LogP contribution in [0.5, 0.6) is 0 Å². The van der Waals surface area contributed by atoms with Gasteiger partial charge in [0.15, 0.2) is 6.10 Å². The smallest absolute Gasteiger partial charge is 0.256 e. The Bertz CT molecular complexity index is 943. The number of hydrogen-bond acceptors (Lipinski definition) is 5. The topological polar surface area (TPSA) is 84.2 Å². The SMILES string of the molecule is Cc1nnc([C@@H]2CN(C(=O)c3cccc4c(C)c(C)[nH]c34)CCO2)o1. The van der Waals surface area contributed by atoms with Crippen molar-refractivity contribution in [1.29, 1.82) is 0 Å². The zero-order valence-corrected chi connectivity index (χ0v) is 14.5. The second kappa shape index (κ2) is 6.00. The van der Waals surface area contributed by atoms with Gasteiger partial charge in [0.1, 0.15) is 0 Å². The third-order valence-corrected chi connectivity index (χ3v) is 4.74. The van der Waals surface area contributed by atoms with Gasteiger partial charge in [-0.3, -0.25) is 4.79 Å². The van der Waals surface area contributed by atoms with E-state index in [0.717, 1.165) is 16.6 Å². The van der Waals surface area contributed by atoms with Crippen molar-refractivity contribution >= 4 is 16.8 Å². The number of amides is 1. The van der Waals surface area contributed by atoms with Crippen LogP contribution in [0.25, 0.3) is 10.9 Å². The Kier molecular flexibility index (Phi) is 3.80. The predicted octanol–water partition coefficient (Wildman–Crippen LogP) is 2.69. The quantitative estimate of drug-likeness (QED) is 0.775. The normalized spacial score (nSPS) is 18.0. The summed E-state index contributed by atoms with van der Waals surface area (Å²) in [7, 11) is 0. The second-order valence-electron chi connectivity index (χ2n) is 6.37. The van der Waals surface area contributed by atoms with Crippen molar-refractivity contribution in [2.75, 3.05) is 19.7 Å². The van der Waals surface area contributed by atoms with Gasteiger partial charge in [-0.05, 0) is 25.5 Å². The van der Waals surface area contributed by atoms with Gasteiger partial charge in [0, 0.05) is 24.5 Å². The number of carbonyl (C=O) groups excluding carboxylic acids is 1. The number of nitrogens with one attached hydrogen (secondary N) is 1. The molecule has 1 aromatic carbocycles. The van der Waals surface area contributed by atoms with Crippen LogP contribution in [0.1, 0.15) is 39.5 Å². The van der Waals surface area contributed by atoms with Gasteiger partial charge < -0.3 is 19.0 Å². The molecular weight excluding hydrogens is 320 g/mol. The highest BCUT2D eigenvalue weighted by Gasteiger charge is 2.30. The van der Waals surface area contributed by atoms with Crippen LogP contribution < -0.4 is 0 Å². The Balaban J connectivity index is 1.63. The molecule has 7 heteroatoms. The van der Waals surface area contributed by atoms with Gasteiger partial charge in [0.05, 0.1) is 24.2 Å². The van der Waals surface area contributed by atoms with E-state index in [1.54, 1.807) is 11.8 Å². The monoisotopic (exact) mass is 340 g/mol. The van der Waals surface area contributed by atoms with Crippen LogP contribution >= 0.6 is 0 Å². The van der Waals surface area contributed by atoms with Crippen molar-refractivity contribution in [3.8, 4) is 0 Å². The molecule has 1 aliphatic rings. The molecule has 130 valence electrons. The number of rotatable bonds is 2. The molecule has 0 radical (unpaired) electrons. The van der Waals surface area contributed by atoms with Crippen molar-refractivity contribution in [3.05, 3.63) is 46.8 Å². The van der Waals surface area contributed by atoms with Crippen molar-refractivity contribution in [2.24, 2.45) is 0 Å². The third kappa shape index (κ3) is 2.70. The molecule has 1 N–H and O–H groups in total. The molecule has 1 saturated heterocycles. The summed E-state index contributed by atoms with van der Waals surface area (Å²) in [5.74, 6) is 0.889. The van der Waals surface area contributed by atoms with Crippen LogP contribution in [0.4, 0.5) is 0 Å². The number of carbonyl (C=O) groups is 1. The molecule has 0 aliphatic carbocycles. The molecule has 4 rings (SSSR count). The predicted molar refractivity (Wildman–Crippen MR) is 91.4 cm³/mol. The lowest BCUT2D eigenvalue weighted by Gasteiger charge is -2.31. The van der Waals surface area contributed by atoms with Gasteiger partial charge in [0.2, 0.25) is 11.8 Å². The zero-order chi connectivity index (χ0) is 17.6. The molecule has 1 atom stereocenters. The molecular formula is C18H20N4O3. The number of morpholine rings is 1. The number of aromatic amines is 1. The van der Waals surface area contributed by atoms with E-state index in [0.29, 0.717) is 37.0 Å². The van der Waals surface area contributed by atoms with Crippen LogP contribution in [-0.4, -0.2) is 45.7 Å². The molecule has 1 fully saturated rings. The van der Waals surface area contributed by atoms with E-state index in [-0.39, 0.29) is 12.0 Å². The molecule has 0 spiro atoms. The highest BCUT2D eigenvalue weighted by molar-refractivity contribution is 6.06. The average molecular weight is 340 g/mol. The molecule has 0 saturated carbocycles. The van der Waals surface area contributed by atoms with E-state index in [2.05, 4.69) is 22.1 Å². The Morgan fingerprint density at radius 3 is 2.88 bits per heavy atom. The fraction of sp³-hybridized carbons (Fsp3) is 0.389. The fourth-order valence-corrected chi connectivity index (χ4v) is 3.26. The third-order valence-electron chi connectivity index (χ3n) is 4.74. The van der Waals surface area contributed by atoms with Gasteiger partial charge in [-0.2, -0.15) is 0 Å². The number of benzene rings is 1. The number of ether oxygens (including phenoxy) is 1. The number of para-hydroxylation sites is 1. The molecule has 25 heavy (non-hydrogen) atoms. The lowest BCUT2D eigenvalue weighted by molar-refractivity contribution is -0.0348. The molecule has 3 heterocycles. The van der Waals surface area contributed by atoms with Crippen LogP contribution in [0, 0.1) is 20.8 Å². The maximum Gasteiger partial charge on any atom is 0.256 e. The van der Waals surface area contributed by atoms with Crippen LogP contribution in [0.3, 0.4) is 0 Å². The largest absolute Gasteiger partial charge is 0.423 e. The molecule has 7 nitrogen and oxygen atoms in total. The highest BCUT2D eigenvalue weighted by atomic mass is 16.5. The maximum atomic E-state index is 13.1. The average Bonchev–Trinajstić information content (AvgIpc) is 3.18. The summed E-state index contributed by atoms with van der Waals surface area (Å²) in [6, 6.07) is 5.82. The summed E-state index contributed by atoms with van der Waals surface area (Å²) in [4.78, 5) is 18.2. The zero-order valence-electron chi connectivity index (χ0n) is 14.5. The minimum absolute atomic E-state index is 0.0172. The van der Waals surface area contributed by atoms with Crippen molar-refractivity contribution in [3.63, 3.8) is 0 Å². The molecule has 0 bridgehead atoms. The van der Waals surface area contributed by atoms with E-state index >= 15 is 0 Å². The van der Waals surface area contributed by atoms with Crippen LogP contribution in [0.15, 0.2) is 22.6 Å². The minimum Gasteiger partial charge on any atom is -0.423 e. The first-order chi connectivity index (χ1) is 12.0. The number of nitrogens with zero attached hydrogens (tertiary/aromatic N) is 3. The van der Waals surface area contributed by atoms with E-state index in [9.17, 15) is 4.79 Å². The number of aromatic nitrogens is 3. The summed E-state index contributed by atoms with van der Waals surface area (Å²) in [5.41, 5.74) is 3.82. The van der Waals surface area contributed by atoms with Gasteiger partial charge in [0.25, 0.3) is 5.91 Å². The first-order valence-corrected chi connectivity index (χ1v) is 8.33. The van der Waals surface area contributed by atoms with E-state index < -0.39 is 0 Å². The number of hydrogen-bond donors (Lipinski definition) is 1. The highest BCUT2D eigenvalue weighted by Crippen LogP contribution is 2.27. The first kappa shape index (κ1) is 15.8. The summed E-state index contributed by atoms with van der Waals surface area (Å²) in [6.45, 7) is 7.19. The Labute approximate surface area is 145 Å². The molecule has 1 amide bonds. The lowest BCUT2D eigenvalue weighted by atomic mass is 10.1. The number of H-pyrrole nitrogens is 1. The lowest BCUT2D eigenvalue weighted by Crippen LogP contribution is -2.42. The summed E-state index contributed by atoms with van der Waals surface area (Å²) in [6.07, 6.45) is -0.384. The first-order valence-electron chi connectivity index (χ1n) is 8.33. The Morgan fingerprint density at radius 2 is 2.12 bits per heavy atom. The van der Waals surface area contributed by atoms with Crippen molar-refractivity contribution in [1.82, 2.24) is 20.1 Å². The molecule has 0 unspecified atom stereocenters. The van der Waals surface area contributed by atoms with Crippen molar-refractivity contribution < 1.29 is 13.9 Å². The van der Waals surface area contributed by atoms with E-state index in [1.807, 2.05) is 25.1 Å². The molecule has 2 aromatic heterocycles. The molecule has 3 aromatic rings. The summed E-state index contributed by atoms with van der Waals surface area (Å²) >= 11 is 0. The van der Waals surface area contributed by atoms with E-state index in [4.69, 9.17) is 9.15 Å². The van der Waals surface area contributed by atoms with Gasteiger partial charge in [-0.1, -0.05) is 12.1 Å². The number of aryl methyl sites for hydroxylation is 3. The van der Waals surface area contributed by atoms with Gasteiger partial charge in [-0.25, -0.2) is 0 Å². The Hall–Kier alpha value is -2.67. The number of fused-ring (bicyclic) bond motifs is 1. The van der Waals surface area contributed by atoms with Gasteiger partial charge >= 0.3 is 0 Å². The second-order valence-corrected chi connectivity index (χ2v) is 6.37. The van der Waals surface area contributed by atoms with E-state index in [1.165, 1.54) is 5.56 Å². The van der Waals surface area contributed by atoms with Crippen LogP contribution in [0.2, 0.25) is 0 Å². The molecule has 1 aliphatic heterocycles. The van der Waals surface area contributed by atoms with Crippen molar-refractivity contribution in [2.45, 2.75) is 26.9 Å². The fourth-order valence-electron chi connectivity index (χ4n) is 3.26. The summed E-state index contributed by atoms with van der Waals surface area (Å²) < 4.78 is 11.2. The standard InChI is InChI=1S/C18H20N4O3/c1-10-11(2)19-16-13(10)5-4-6-14(16)18(23)22-7-8-24-15(9-22)17-21-20-12(3)25-17/h4-6,15,19H,7-9H2,1-3H3/t15-/m0/s1. The summed E-state index contributed by atoms with van der Waals surface area (Å²) in [5, 5.41) is 8.94.